The minimum absolute atomic E-state index is 0.128. The van der Waals surface area contributed by atoms with E-state index in [2.05, 4.69) is 5.32 Å². The standard InChI is InChI=1S/C13H17NO2/c1-9(13(15)16)10-6-4-8-14-12-7-3-2-5-11(10)12/h2-3,5,7,9-10,14H,4,6,8H2,1H3,(H,15,16). The van der Waals surface area contributed by atoms with E-state index in [1.54, 1.807) is 6.92 Å². The van der Waals surface area contributed by atoms with E-state index >= 15 is 0 Å². The molecule has 3 nitrogen and oxygen atoms in total. The highest BCUT2D eigenvalue weighted by atomic mass is 16.4. The topological polar surface area (TPSA) is 49.3 Å². The zero-order valence-electron chi connectivity index (χ0n) is 9.44. The molecule has 1 heterocycles. The lowest BCUT2D eigenvalue weighted by atomic mass is 9.84. The van der Waals surface area contributed by atoms with Crippen molar-refractivity contribution in [2.75, 3.05) is 11.9 Å². The van der Waals surface area contributed by atoms with E-state index in [4.69, 9.17) is 5.11 Å². The lowest BCUT2D eigenvalue weighted by Crippen LogP contribution is -2.18. The van der Waals surface area contributed by atoms with E-state index < -0.39 is 5.97 Å². The van der Waals surface area contributed by atoms with Crippen molar-refractivity contribution in [3.63, 3.8) is 0 Å². The Labute approximate surface area is 95.5 Å². The van der Waals surface area contributed by atoms with Crippen molar-refractivity contribution < 1.29 is 9.90 Å². The second-order valence-corrected chi connectivity index (χ2v) is 4.39. The maximum absolute atomic E-state index is 11.1. The fourth-order valence-corrected chi connectivity index (χ4v) is 2.37. The summed E-state index contributed by atoms with van der Waals surface area (Å²) in [6.07, 6.45) is 1.97. The molecule has 0 saturated carbocycles. The van der Waals surface area contributed by atoms with Crippen LogP contribution in [0.4, 0.5) is 5.69 Å². The third kappa shape index (κ3) is 2.03. The van der Waals surface area contributed by atoms with Crippen molar-refractivity contribution in [3.05, 3.63) is 29.8 Å². The summed E-state index contributed by atoms with van der Waals surface area (Å²) < 4.78 is 0. The molecule has 1 aromatic carbocycles. The van der Waals surface area contributed by atoms with Crippen LogP contribution in [-0.2, 0) is 4.79 Å². The first-order valence-electron chi connectivity index (χ1n) is 5.75. The Morgan fingerprint density at radius 2 is 2.25 bits per heavy atom. The Morgan fingerprint density at radius 3 is 3.00 bits per heavy atom. The van der Waals surface area contributed by atoms with Gasteiger partial charge in [0, 0.05) is 12.2 Å². The third-order valence-corrected chi connectivity index (χ3v) is 3.36. The minimum atomic E-state index is -0.707. The van der Waals surface area contributed by atoms with E-state index in [-0.39, 0.29) is 11.8 Å². The largest absolute Gasteiger partial charge is 0.481 e. The van der Waals surface area contributed by atoms with Gasteiger partial charge in [-0.25, -0.2) is 0 Å². The molecule has 86 valence electrons. The molecule has 2 N–H and O–H groups in total. The van der Waals surface area contributed by atoms with Gasteiger partial charge in [-0.1, -0.05) is 25.1 Å². The molecule has 0 fully saturated rings. The van der Waals surface area contributed by atoms with Crippen LogP contribution in [0.1, 0.15) is 31.2 Å². The molecule has 0 amide bonds. The number of carboxylic acid groups (broad SMARTS) is 1. The molecule has 2 rings (SSSR count). The molecular formula is C13H17NO2. The Hall–Kier alpha value is -1.51. The third-order valence-electron chi connectivity index (χ3n) is 3.36. The van der Waals surface area contributed by atoms with Gasteiger partial charge in [0.25, 0.3) is 0 Å². The summed E-state index contributed by atoms with van der Waals surface area (Å²) in [5.74, 6) is -0.897. The molecule has 16 heavy (non-hydrogen) atoms. The van der Waals surface area contributed by atoms with Crippen LogP contribution in [0.15, 0.2) is 24.3 Å². The quantitative estimate of drug-likeness (QED) is 0.804. The van der Waals surface area contributed by atoms with Crippen molar-refractivity contribution in [2.24, 2.45) is 5.92 Å². The molecular weight excluding hydrogens is 202 g/mol. The highest BCUT2D eigenvalue weighted by molar-refractivity contribution is 5.72. The maximum atomic E-state index is 11.1. The van der Waals surface area contributed by atoms with Gasteiger partial charge < -0.3 is 10.4 Å². The number of aliphatic carboxylic acids is 1. The average Bonchev–Trinajstić information content (AvgIpc) is 2.50. The van der Waals surface area contributed by atoms with E-state index in [9.17, 15) is 4.79 Å². The van der Waals surface area contributed by atoms with E-state index in [1.165, 1.54) is 0 Å². The number of carbonyl (C=O) groups is 1. The van der Waals surface area contributed by atoms with Gasteiger partial charge in [-0.15, -0.1) is 0 Å². The van der Waals surface area contributed by atoms with Crippen LogP contribution in [-0.4, -0.2) is 17.6 Å². The van der Waals surface area contributed by atoms with E-state index in [0.29, 0.717) is 0 Å². The van der Waals surface area contributed by atoms with Crippen LogP contribution in [0.3, 0.4) is 0 Å². The minimum Gasteiger partial charge on any atom is -0.481 e. The van der Waals surface area contributed by atoms with Gasteiger partial charge >= 0.3 is 5.97 Å². The first-order valence-corrected chi connectivity index (χ1v) is 5.75. The van der Waals surface area contributed by atoms with Crippen LogP contribution >= 0.6 is 0 Å². The highest BCUT2D eigenvalue weighted by Gasteiger charge is 2.27. The molecule has 0 spiro atoms. The number of fused-ring (bicyclic) bond motifs is 1. The van der Waals surface area contributed by atoms with Crippen LogP contribution < -0.4 is 5.32 Å². The second kappa shape index (κ2) is 4.56. The summed E-state index contributed by atoms with van der Waals surface area (Å²) in [4.78, 5) is 11.1. The SMILES string of the molecule is CC(C(=O)O)C1CCCNc2ccccc21. The normalized spacial score (nSPS) is 21.4. The van der Waals surface area contributed by atoms with Crippen molar-refractivity contribution in [3.8, 4) is 0 Å². The fourth-order valence-electron chi connectivity index (χ4n) is 2.37. The monoisotopic (exact) mass is 219 g/mol. The zero-order chi connectivity index (χ0) is 11.5. The number of para-hydroxylation sites is 1. The van der Waals surface area contributed by atoms with E-state index in [0.717, 1.165) is 30.6 Å². The Balaban J connectivity index is 2.36. The highest BCUT2D eigenvalue weighted by Crippen LogP contribution is 2.36. The van der Waals surface area contributed by atoms with Crippen LogP contribution in [0.2, 0.25) is 0 Å². The molecule has 1 aliphatic rings. The van der Waals surface area contributed by atoms with Gasteiger partial charge in [0.2, 0.25) is 0 Å². The number of anilines is 1. The lowest BCUT2D eigenvalue weighted by molar-refractivity contribution is -0.141. The number of rotatable bonds is 2. The molecule has 3 heteroatoms. The van der Waals surface area contributed by atoms with Crippen LogP contribution in [0.25, 0.3) is 0 Å². The summed E-state index contributed by atoms with van der Waals surface area (Å²) in [6, 6.07) is 8.03. The molecule has 0 bridgehead atoms. The fraction of sp³-hybridized carbons (Fsp3) is 0.462. The predicted octanol–water partition coefficient (Wildman–Crippen LogP) is 2.70. The summed E-state index contributed by atoms with van der Waals surface area (Å²) in [5, 5.41) is 12.5. The smallest absolute Gasteiger partial charge is 0.306 e. The molecule has 0 radical (unpaired) electrons. The molecule has 0 saturated heterocycles. The molecule has 1 aliphatic heterocycles. The first-order chi connectivity index (χ1) is 7.70. The Kier molecular flexibility index (Phi) is 3.13. The summed E-state index contributed by atoms with van der Waals surface area (Å²) in [6.45, 7) is 2.73. The molecule has 2 atom stereocenters. The van der Waals surface area contributed by atoms with Crippen molar-refractivity contribution in [1.82, 2.24) is 0 Å². The molecule has 2 unspecified atom stereocenters. The number of hydrogen-bond donors (Lipinski definition) is 2. The number of carboxylic acids is 1. The van der Waals surface area contributed by atoms with Crippen molar-refractivity contribution >= 4 is 11.7 Å². The van der Waals surface area contributed by atoms with Gasteiger partial charge in [0.15, 0.2) is 0 Å². The Morgan fingerprint density at radius 1 is 1.50 bits per heavy atom. The number of benzene rings is 1. The molecule has 0 aromatic heterocycles. The lowest BCUT2D eigenvalue weighted by Gasteiger charge is -2.20. The van der Waals surface area contributed by atoms with Gasteiger partial charge in [-0.3, -0.25) is 4.79 Å². The summed E-state index contributed by atoms with van der Waals surface area (Å²) >= 11 is 0. The molecule has 1 aromatic rings. The van der Waals surface area contributed by atoms with Crippen molar-refractivity contribution in [2.45, 2.75) is 25.7 Å². The van der Waals surface area contributed by atoms with Crippen LogP contribution in [0, 0.1) is 5.92 Å². The maximum Gasteiger partial charge on any atom is 0.306 e. The second-order valence-electron chi connectivity index (χ2n) is 4.39. The van der Waals surface area contributed by atoms with Gasteiger partial charge in [-0.2, -0.15) is 0 Å². The first kappa shape index (κ1) is 11.0. The summed E-state index contributed by atoms with van der Waals surface area (Å²) in [7, 11) is 0. The zero-order valence-corrected chi connectivity index (χ0v) is 9.44. The number of hydrogen-bond acceptors (Lipinski definition) is 2. The van der Waals surface area contributed by atoms with Gasteiger partial charge in [-0.05, 0) is 30.4 Å². The number of nitrogens with one attached hydrogen (secondary N) is 1. The van der Waals surface area contributed by atoms with Crippen LogP contribution in [0.5, 0.6) is 0 Å². The van der Waals surface area contributed by atoms with E-state index in [1.807, 2.05) is 24.3 Å². The van der Waals surface area contributed by atoms with Crippen molar-refractivity contribution in [1.29, 1.82) is 0 Å². The average molecular weight is 219 g/mol. The predicted molar refractivity (Wildman–Crippen MR) is 63.7 cm³/mol. The summed E-state index contributed by atoms with van der Waals surface area (Å²) in [5.41, 5.74) is 2.24. The Bertz CT molecular complexity index is 389. The van der Waals surface area contributed by atoms with Gasteiger partial charge in [0.05, 0.1) is 5.92 Å². The molecule has 0 aliphatic carbocycles. The van der Waals surface area contributed by atoms with Gasteiger partial charge in [0.1, 0.15) is 0 Å².